The van der Waals surface area contributed by atoms with Gasteiger partial charge in [-0.1, -0.05) is 0 Å². The van der Waals surface area contributed by atoms with Gasteiger partial charge in [-0.2, -0.15) is 0 Å². The number of rotatable bonds is 4. The minimum Gasteiger partial charge on any atom is -0.350 e. The molecule has 0 aromatic carbocycles. The topological polar surface area (TPSA) is 55.1 Å². The lowest BCUT2D eigenvalue weighted by Gasteiger charge is -2.33. The van der Waals surface area contributed by atoms with Gasteiger partial charge < -0.3 is 11.1 Å². The van der Waals surface area contributed by atoms with E-state index >= 15 is 0 Å². The van der Waals surface area contributed by atoms with Gasteiger partial charge in [0.15, 0.2) is 0 Å². The number of alkyl halides is 4. The van der Waals surface area contributed by atoms with Crippen LogP contribution in [0.25, 0.3) is 0 Å². The van der Waals surface area contributed by atoms with E-state index in [1.165, 1.54) is 0 Å². The van der Waals surface area contributed by atoms with Crippen molar-refractivity contribution < 1.29 is 22.4 Å². The van der Waals surface area contributed by atoms with Crippen molar-refractivity contribution in [3.8, 4) is 0 Å². The van der Waals surface area contributed by atoms with Gasteiger partial charge in [0.2, 0.25) is 11.8 Å². The molecule has 0 bridgehead atoms. The normalized spacial score (nSPS) is 20.9. The first-order valence-electron chi connectivity index (χ1n) is 4.49. The van der Waals surface area contributed by atoms with Gasteiger partial charge in [-0.05, 0) is 0 Å². The summed E-state index contributed by atoms with van der Waals surface area (Å²) in [6.45, 7) is -1.78. The zero-order chi connectivity index (χ0) is 11.7. The fraction of sp³-hybridized carbons (Fsp3) is 0.875. The Morgan fingerprint density at radius 2 is 2.00 bits per heavy atom. The first kappa shape index (κ1) is 12.2. The standard InChI is InChI=1S/C8H12F4N2O/c9-7(10)1-5(2-7)6(15)14-4-8(11,12)3-13/h5H,1-4,13H2,(H,14,15). The fourth-order valence-corrected chi connectivity index (χ4v) is 1.28. The highest BCUT2D eigenvalue weighted by molar-refractivity contribution is 5.79. The molecule has 1 saturated carbocycles. The monoisotopic (exact) mass is 228 g/mol. The molecule has 0 atom stereocenters. The third-order valence-electron chi connectivity index (χ3n) is 2.28. The van der Waals surface area contributed by atoms with Crippen LogP contribution in [0.3, 0.4) is 0 Å². The maximum absolute atomic E-state index is 12.6. The van der Waals surface area contributed by atoms with Crippen LogP contribution in [0.2, 0.25) is 0 Å². The summed E-state index contributed by atoms with van der Waals surface area (Å²) in [4.78, 5) is 11.1. The number of amides is 1. The van der Waals surface area contributed by atoms with E-state index in [9.17, 15) is 22.4 Å². The molecule has 0 aromatic rings. The quantitative estimate of drug-likeness (QED) is 0.697. The third kappa shape index (κ3) is 3.33. The van der Waals surface area contributed by atoms with Crippen molar-refractivity contribution >= 4 is 5.91 Å². The van der Waals surface area contributed by atoms with Crippen LogP contribution in [0.5, 0.6) is 0 Å². The Labute approximate surface area is 84.0 Å². The van der Waals surface area contributed by atoms with Gasteiger partial charge in [-0.3, -0.25) is 4.79 Å². The number of nitrogens with one attached hydrogen (secondary N) is 1. The van der Waals surface area contributed by atoms with E-state index in [2.05, 4.69) is 0 Å². The Kier molecular flexibility index (Phi) is 3.22. The maximum atomic E-state index is 12.6. The summed E-state index contributed by atoms with van der Waals surface area (Å²) in [6, 6.07) is 0. The van der Waals surface area contributed by atoms with Crippen molar-refractivity contribution in [1.82, 2.24) is 5.32 Å². The van der Waals surface area contributed by atoms with E-state index in [1.54, 1.807) is 0 Å². The van der Waals surface area contributed by atoms with E-state index in [-0.39, 0.29) is 0 Å². The van der Waals surface area contributed by atoms with Crippen LogP contribution in [0, 0.1) is 5.92 Å². The Bertz CT molecular complexity index is 249. The third-order valence-corrected chi connectivity index (χ3v) is 2.28. The molecule has 1 aliphatic carbocycles. The summed E-state index contributed by atoms with van der Waals surface area (Å²) in [5.41, 5.74) is 4.74. The highest BCUT2D eigenvalue weighted by atomic mass is 19.3. The van der Waals surface area contributed by atoms with Gasteiger partial charge in [0.1, 0.15) is 0 Å². The van der Waals surface area contributed by atoms with E-state index in [1.807, 2.05) is 5.32 Å². The smallest absolute Gasteiger partial charge is 0.277 e. The molecule has 1 amide bonds. The first-order valence-corrected chi connectivity index (χ1v) is 4.49. The lowest BCUT2D eigenvalue weighted by atomic mass is 9.81. The molecule has 0 spiro atoms. The molecule has 88 valence electrons. The van der Waals surface area contributed by atoms with Gasteiger partial charge in [-0.15, -0.1) is 0 Å². The molecule has 0 unspecified atom stereocenters. The Balaban J connectivity index is 2.27. The van der Waals surface area contributed by atoms with E-state index < -0.39 is 49.6 Å². The molecule has 0 saturated heterocycles. The molecule has 7 heteroatoms. The van der Waals surface area contributed by atoms with Crippen LogP contribution < -0.4 is 11.1 Å². The molecule has 1 rings (SSSR count). The Morgan fingerprint density at radius 1 is 1.47 bits per heavy atom. The number of carbonyl (C=O) groups excluding carboxylic acids is 1. The molecular weight excluding hydrogens is 216 g/mol. The molecule has 15 heavy (non-hydrogen) atoms. The van der Waals surface area contributed by atoms with Crippen molar-refractivity contribution in [2.45, 2.75) is 24.7 Å². The number of halogens is 4. The largest absolute Gasteiger partial charge is 0.350 e. The molecule has 3 nitrogen and oxygen atoms in total. The van der Waals surface area contributed by atoms with Gasteiger partial charge in [-0.25, -0.2) is 17.6 Å². The van der Waals surface area contributed by atoms with Gasteiger partial charge in [0.05, 0.1) is 13.1 Å². The van der Waals surface area contributed by atoms with Gasteiger partial charge in [0.25, 0.3) is 5.92 Å². The van der Waals surface area contributed by atoms with E-state index in [0.29, 0.717) is 0 Å². The molecule has 1 aliphatic rings. The molecule has 1 fully saturated rings. The van der Waals surface area contributed by atoms with Crippen LogP contribution in [0.4, 0.5) is 17.6 Å². The molecule has 0 radical (unpaired) electrons. The summed E-state index contributed by atoms with van der Waals surface area (Å²) in [5.74, 6) is -7.61. The highest BCUT2D eigenvalue weighted by Crippen LogP contribution is 2.42. The van der Waals surface area contributed by atoms with Crippen molar-refractivity contribution in [2.75, 3.05) is 13.1 Å². The second-order valence-corrected chi connectivity index (χ2v) is 3.74. The Hall–Kier alpha value is -0.850. The Morgan fingerprint density at radius 3 is 2.40 bits per heavy atom. The molecule has 3 N–H and O–H groups in total. The SMILES string of the molecule is NCC(F)(F)CNC(=O)C1CC(F)(F)C1. The average Bonchev–Trinajstić information content (AvgIpc) is 2.10. The summed E-state index contributed by atoms with van der Waals surface area (Å²) >= 11 is 0. The summed E-state index contributed by atoms with van der Waals surface area (Å²) in [6.07, 6.45) is -1.12. The molecule has 0 aliphatic heterocycles. The zero-order valence-electron chi connectivity index (χ0n) is 7.90. The van der Waals surface area contributed by atoms with Crippen LogP contribution in [0.1, 0.15) is 12.8 Å². The number of hydrogen-bond donors (Lipinski definition) is 2. The number of hydrogen-bond acceptors (Lipinski definition) is 2. The minimum atomic E-state index is -3.18. The predicted molar refractivity (Wildman–Crippen MR) is 44.7 cm³/mol. The zero-order valence-corrected chi connectivity index (χ0v) is 7.90. The van der Waals surface area contributed by atoms with Crippen LogP contribution in [-0.2, 0) is 4.79 Å². The van der Waals surface area contributed by atoms with Crippen LogP contribution >= 0.6 is 0 Å². The summed E-state index contributed by atoms with van der Waals surface area (Å²) in [5, 5.41) is 1.91. The van der Waals surface area contributed by atoms with Crippen molar-refractivity contribution in [2.24, 2.45) is 11.7 Å². The van der Waals surface area contributed by atoms with E-state index in [4.69, 9.17) is 5.73 Å². The lowest BCUT2D eigenvalue weighted by Crippen LogP contribution is -2.48. The summed E-state index contributed by atoms with van der Waals surface area (Å²) < 4.78 is 49.8. The van der Waals surface area contributed by atoms with Crippen molar-refractivity contribution in [3.63, 3.8) is 0 Å². The molecule has 0 aromatic heterocycles. The second-order valence-electron chi connectivity index (χ2n) is 3.74. The van der Waals surface area contributed by atoms with Gasteiger partial charge >= 0.3 is 0 Å². The average molecular weight is 228 g/mol. The maximum Gasteiger partial charge on any atom is 0.277 e. The predicted octanol–water partition coefficient (Wildman–Crippen LogP) is 0.742. The molecule has 0 heterocycles. The van der Waals surface area contributed by atoms with Gasteiger partial charge in [0, 0.05) is 18.8 Å². The minimum absolute atomic E-state index is 0.562. The fourth-order valence-electron chi connectivity index (χ4n) is 1.28. The van der Waals surface area contributed by atoms with E-state index in [0.717, 1.165) is 0 Å². The first-order chi connectivity index (χ1) is 6.76. The van der Waals surface area contributed by atoms with Crippen molar-refractivity contribution in [1.29, 1.82) is 0 Å². The summed E-state index contributed by atoms with van der Waals surface area (Å²) in [7, 11) is 0. The number of nitrogens with two attached hydrogens (primary N) is 1. The van der Waals surface area contributed by atoms with Crippen LogP contribution in [0.15, 0.2) is 0 Å². The number of carbonyl (C=O) groups is 1. The second kappa shape index (κ2) is 3.96. The highest BCUT2D eigenvalue weighted by Gasteiger charge is 2.48. The van der Waals surface area contributed by atoms with Crippen molar-refractivity contribution in [3.05, 3.63) is 0 Å². The lowest BCUT2D eigenvalue weighted by molar-refractivity contribution is -0.151. The van der Waals surface area contributed by atoms with Crippen LogP contribution in [-0.4, -0.2) is 30.8 Å². The molecular formula is C8H12F4N2O.